The predicted molar refractivity (Wildman–Crippen MR) is 186 cm³/mol. The van der Waals surface area contributed by atoms with Crippen molar-refractivity contribution in [2.24, 2.45) is 50.2 Å². The van der Waals surface area contributed by atoms with Gasteiger partial charge in [0.15, 0.2) is 0 Å². The van der Waals surface area contributed by atoms with Gasteiger partial charge >= 0.3 is 11.9 Å². The Bertz CT molecular complexity index is 1480. The fraction of sp³-hybridized carbons (Fsp3) is 0.707. The van der Waals surface area contributed by atoms with Gasteiger partial charge in [-0.25, -0.2) is 4.79 Å². The molecule has 0 aromatic heterocycles. The minimum Gasteiger partial charge on any atom is -0.497 e. The average Bonchev–Trinajstić information content (AvgIpc) is 3.05. The minimum atomic E-state index is -0.997. The van der Waals surface area contributed by atoms with Crippen LogP contribution >= 0.6 is 0 Å². The number of benzene rings is 1. The number of methoxy groups -OCH3 is 2. The molecule has 10 atom stereocenters. The second-order valence-corrected chi connectivity index (χ2v) is 17.8. The topological polar surface area (TPSA) is 102 Å². The number of hydrogen-bond donors (Lipinski definition) is 2. The first kappa shape index (κ1) is 35.2. The molecule has 0 radical (unpaired) electrons. The van der Waals surface area contributed by atoms with Crippen LogP contribution in [0.15, 0.2) is 42.0 Å². The van der Waals surface area contributed by atoms with E-state index >= 15 is 0 Å². The van der Waals surface area contributed by atoms with Crippen LogP contribution in [-0.4, -0.2) is 55.2 Å². The van der Waals surface area contributed by atoms with E-state index in [4.69, 9.17) is 14.2 Å². The fourth-order valence-corrected chi connectivity index (χ4v) is 12.1. The fourth-order valence-electron chi connectivity index (χ4n) is 12.1. The van der Waals surface area contributed by atoms with Gasteiger partial charge in [-0.2, -0.15) is 0 Å². The highest BCUT2D eigenvalue weighted by Crippen LogP contribution is 2.75. The number of allylic oxidation sites excluding steroid dienone is 2. The molecule has 1 aromatic rings. The van der Waals surface area contributed by atoms with Crippen molar-refractivity contribution in [2.75, 3.05) is 20.8 Å². The van der Waals surface area contributed by atoms with E-state index in [0.717, 1.165) is 62.7 Å². The third kappa shape index (κ3) is 5.20. The molecule has 0 amide bonds. The Morgan fingerprint density at radius 3 is 2.25 bits per heavy atom. The quantitative estimate of drug-likeness (QED) is 0.184. The molecule has 48 heavy (non-hydrogen) atoms. The molecular weight excluding hydrogens is 604 g/mol. The third-order valence-electron chi connectivity index (χ3n) is 15.0. The first-order chi connectivity index (χ1) is 22.5. The summed E-state index contributed by atoms with van der Waals surface area (Å²) in [7, 11) is 3.16. The van der Waals surface area contributed by atoms with Crippen molar-refractivity contribution in [2.45, 2.75) is 112 Å². The molecule has 0 bridgehead atoms. The lowest BCUT2D eigenvalue weighted by Crippen LogP contribution is -2.68. The van der Waals surface area contributed by atoms with Gasteiger partial charge in [-0.1, -0.05) is 65.3 Å². The molecule has 264 valence electrons. The van der Waals surface area contributed by atoms with E-state index in [1.54, 1.807) is 20.3 Å². The van der Waals surface area contributed by atoms with Crippen LogP contribution in [0, 0.1) is 50.2 Å². The van der Waals surface area contributed by atoms with E-state index in [1.165, 1.54) is 11.6 Å². The standard InChI is InChI=1S/C41H58O7/c1-36(2)19-21-41(35(45)47-8)22-20-39(5)28(29(41)23-36)14-15-32-37(3)24-30(42)34(44)38(4,31(37)17-18-40(32,39)6)25-48-33(43)16-11-26-9-12-27(46-7)13-10-26/h9-14,16,29-32,34,42,44H,15,17-25H2,1-8H3/b16-11+/t29-,30+,31+,32+,34-,37-,38-,39+,40+,41-/m0/s1. The van der Waals surface area contributed by atoms with Gasteiger partial charge in [0.25, 0.3) is 0 Å². The van der Waals surface area contributed by atoms with Gasteiger partial charge in [0.1, 0.15) is 5.75 Å². The van der Waals surface area contributed by atoms with E-state index in [9.17, 15) is 19.8 Å². The summed E-state index contributed by atoms with van der Waals surface area (Å²) in [6, 6.07) is 7.42. The molecule has 0 heterocycles. The smallest absolute Gasteiger partial charge is 0.330 e. The summed E-state index contributed by atoms with van der Waals surface area (Å²) in [6.45, 7) is 14.0. The predicted octanol–water partition coefficient (Wildman–Crippen LogP) is 7.54. The van der Waals surface area contributed by atoms with Crippen molar-refractivity contribution in [3.8, 4) is 5.75 Å². The van der Waals surface area contributed by atoms with E-state index < -0.39 is 29.0 Å². The Morgan fingerprint density at radius 2 is 1.58 bits per heavy atom. The first-order valence-corrected chi connectivity index (χ1v) is 18.1. The SMILES string of the molecule is COC(=O)[C@]12CCC(C)(C)C[C@H]1C1=CC[C@@H]3[C@@]4(C)C[C@@H](O)[C@H](O)[C@@](C)(COC(=O)/C=C/c5ccc(OC)cc5)[C@@H]4CC[C@@]3(C)[C@]1(C)CC2. The van der Waals surface area contributed by atoms with E-state index in [0.29, 0.717) is 6.42 Å². The Labute approximate surface area is 287 Å². The monoisotopic (exact) mass is 662 g/mol. The molecule has 5 aliphatic carbocycles. The second-order valence-electron chi connectivity index (χ2n) is 17.8. The van der Waals surface area contributed by atoms with Crippen LogP contribution in [0.25, 0.3) is 6.08 Å². The van der Waals surface area contributed by atoms with E-state index in [1.807, 2.05) is 31.2 Å². The molecule has 6 rings (SSSR count). The minimum absolute atomic E-state index is 0.0394. The molecule has 1 aromatic carbocycles. The molecule has 7 nitrogen and oxygen atoms in total. The highest BCUT2D eigenvalue weighted by molar-refractivity contribution is 5.87. The number of aliphatic hydroxyl groups is 2. The van der Waals surface area contributed by atoms with Crippen molar-refractivity contribution in [1.82, 2.24) is 0 Å². The van der Waals surface area contributed by atoms with Crippen molar-refractivity contribution in [1.29, 1.82) is 0 Å². The molecule has 5 aliphatic rings. The molecule has 4 fully saturated rings. The number of carbonyl (C=O) groups is 2. The average molecular weight is 663 g/mol. The summed E-state index contributed by atoms with van der Waals surface area (Å²) in [4.78, 5) is 26.5. The largest absolute Gasteiger partial charge is 0.497 e. The highest BCUT2D eigenvalue weighted by atomic mass is 16.5. The number of fused-ring (bicyclic) bond motifs is 7. The van der Waals surface area contributed by atoms with Crippen molar-refractivity contribution in [3.05, 3.63) is 47.6 Å². The molecular formula is C41H58O7. The van der Waals surface area contributed by atoms with Crippen molar-refractivity contribution >= 4 is 18.0 Å². The van der Waals surface area contributed by atoms with Gasteiger partial charge in [0.2, 0.25) is 0 Å². The van der Waals surface area contributed by atoms with Gasteiger partial charge in [-0.3, -0.25) is 4.79 Å². The Balaban J connectivity index is 1.28. The molecule has 0 spiro atoms. The molecule has 0 saturated heterocycles. The Morgan fingerprint density at radius 1 is 0.896 bits per heavy atom. The lowest BCUT2D eigenvalue weighted by atomic mass is 9.33. The summed E-state index contributed by atoms with van der Waals surface area (Å²) in [6.07, 6.45) is 11.7. The number of ether oxygens (including phenoxy) is 3. The van der Waals surface area contributed by atoms with Crippen LogP contribution in [0.1, 0.15) is 105 Å². The zero-order chi connectivity index (χ0) is 34.9. The zero-order valence-corrected chi connectivity index (χ0v) is 30.4. The van der Waals surface area contributed by atoms with Gasteiger partial charge in [0.05, 0.1) is 38.4 Å². The lowest BCUT2D eigenvalue weighted by Gasteiger charge is -2.71. The molecule has 2 N–H and O–H groups in total. The van der Waals surface area contributed by atoms with Crippen molar-refractivity contribution < 1.29 is 34.0 Å². The van der Waals surface area contributed by atoms with Gasteiger partial charge in [-0.15, -0.1) is 0 Å². The van der Waals surface area contributed by atoms with Crippen LogP contribution in [0.3, 0.4) is 0 Å². The van der Waals surface area contributed by atoms with E-state index in [-0.39, 0.29) is 52.0 Å². The summed E-state index contributed by atoms with van der Waals surface area (Å²) in [5, 5.41) is 23.1. The number of rotatable bonds is 6. The summed E-state index contributed by atoms with van der Waals surface area (Å²) in [5.74, 6) is 0.740. The second kappa shape index (κ2) is 12.0. The molecule has 4 saturated carbocycles. The van der Waals surface area contributed by atoms with Crippen LogP contribution < -0.4 is 4.74 Å². The normalized spacial score (nSPS) is 43.1. The molecule has 0 unspecified atom stereocenters. The third-order valence-corrected chi connectivity index (χ3v) is 15.0. The maximum atomic E-state index is 13.6. The number of aliphatic hydroxyl groups excluding tert-OH is 2. The maximum Gasteiger partial charge on any atom is 0.330 e. The Hall–Kier alpha value is -2.64. The van der Waals surface area contributed by atoms with Crippen LogP contribution in [0.2, 0.25) is 0 Å². The zero-order valence-electron chi connectivity index (χ0n) is 30.4. The maximum absolute atomic E-state index is 13.6. The van der Waals surface area contributed by atoms with Gasteiger partial charge < -0.3 is 24.4 Å². The van der Waals surface area contributed by atoms with Crippen LogP contribution in [-0.2, 0) is 19.1 Å². The number of carbonyl (C=O) groups excluding carboxylic acids is 2. The van der Waals surface area contributed by atoms with Crippen LogP contribution in [0.5, 0.6) is 5.75 Å². The summed E-state index contributed by atoms with van der Waals surface area (Å²) < 4.78 is 16.6. The lowest BCUT2D eigenvalue weighted by molar-refractivity contribution is -0.245. The van der Waals surface area contributed by atoms with Crippen molar-refractivity contribution in [3.63, 3.8) is 0 Å². The Kier molecular flexibility index (Phi) is 8.80. The first-order valence-electron chi connectivity index (χ1n) is 18.1. The highest BCUT2D eigenvalue weighted by Gasteiger charge is 2.70. The summed E-state index contributed by atoms with van der Waals surface area (Å²) in [5.41, 5.74) is 0.812. The molecule has 7 heteroatoms. The van der Waals surface area contributed by atoms with Crippen LogP contribution in [0.4, 0.5) is 0 Å². The van der Waals surface area contributed by atoms with E-state index in [2.05, 4.69) is 40.7 Å². The summed E-state index contributed by atoms with van der Waals surface area (Å²) >= 11 is 0. The number of esters is 2. The number of hydrogen-bond acceptors (Lipinski definition) is 7. The van der Waals surface area contributed by atoms with Gasteiger partial charge in [0, 0.05) is 11.5 Å². The van der Waals surface area contributed by atoms with Gasteiger partial charge in [-0.05, 0) is 121 Å². The molecule has 0 aliphatic heterocycles.